The summed E-state index contributed by atoms with van der Waals surface area (Å²) in [6.45, 7) is 5.24. The van der Waals surface area contributed by atoms with Crippen molar-refractivity contribution in [2.45, 2.75) is 6.92 Å². The Bertz CT molecular complexity index is 625. The fourth-order valence-electron chi connectivity index (χ4n) is 2.46. The van der Waals surface area contributed by atoms with Crippen LogP contribution in [-0.4, -0.2) is 41.1 Å². The van der Waals surface area contributed by atoms with E-state index in [2.05, 4.69) is 24.8 Å². The lowest BCUT2D eigenvalue weighted by Gasteiger charge is -2.36. The van der Waals surface area contributed by atoms with Crippen molar-refractivity contribution in [3.8, 4) is 0 Å². The van der Waals surface area contributed by atoms with Gasteiger partial charge in [-0.1, -0.05) is 6.07 Å². The van der Waals surface area contributed by atoms with E-state index in [9.17, 15) is 0 Å². The average Bonchev–Trinajstić information content (AvgIpc) is 2.52. The van der Waals surface area contributed by atoms with E-state index in [1.54, 1.807) is 0 Å². The summed E-state index contributed by atoms with van der Waals surface area (Å²) in [6, 6.07) is 5.95. The molecule has 0 aliphatic carbocycles. The van der Waals surface area contributed by atoms with Crippen LogP contribution < -0.4 is 15.5 Å². The molecule has 1 aliphatic rings. The Hall–Kier alpha value is -2.08. The Balaban J connectivity index is 1.74. The number of anilines is 3. The molecule has 6 nitrogen and oxygen atoms in total. The third-order valence-electron chi connectivity index (χ3n) is 3.64. The number of halogens is 1. The van der Waals surface area contributed by atoms with Crippen molar-refractivity contribution in [3.05, 3.63) is 35.4 Å². The maximum atomic E-state index is 6.08. The third-order valence-corrected chi connectivity index (χ3v) is 3.81. The Kier molecular flexibility index (Phi) is 3.79. The number of nitrogen functional groups attached to an aromatic ring is 1. The second-order valence-corrected chi connectivity index (χ2v) is 5.32. The molecule has 1 saturated heterocycles. The van der Waals surface area contributed by atoms with Crippen molar-refractivity contribution in [1.82, 2.24) is 15.0 Å². The highest BCUT2D eigenvalue weighted by Gasteiger charge is 2.21. The summed E-state index contributed by atoms with van der Waals surface area (Å²) in [7, 11) is 0. The normalized spacial score (nSPS) is 15.3. The lowest BCUT2D eigenvalue weighted by molar-refractivity contribution is 0.641. The van der Waals surface area contributed by atoms with Crippen molar-refractivity contribution < 1.29 is 0 Å². The Morgan fingerprint density at radius 3 is 2.48 bits per heavy atom. The SMILES string of the molecule is Cc1nc(Cl)nc(N2CCN(c3ccccn3)CC2)c1N. The number of aryl methyl sites for hydroxylation is 1. The van der Waals surface area contributed by atoms with Gasteiger partial charge in [-0.05, 0) is 30.7 Å². The quantitative estimate of drug-likeness (QED) is 0.852. The van der Waals surface area contributed by atoms with Gasteiger partial charge in [0.1, 0.15) is 5.82 Å². The molecule has 3 rings (SSSR count). The van der Waals surface area contributed by atoms with Crippen molar-refractivity contribution in [1.29, 1.82) is 0 Å². The molecule has 2 aromatic rings. The zero-order valence-corrected chi connectivity index (χ0v) is 12.6. The van der Waals surface area contributed by atoms with Crippen LogP contribution in [0.15, 0.2) is 24.4 Å². The van der Waals surface area contributed by atoms with E-state index in [1.807, 2.05) is 31.3 Å². The number of aromatic nitrogens is 3. The number of pyridine rings is 1. The fourth-order valence-corrected chi connectivity index (χ4v) is 2.67. The van der Waals surface area contributed by atoms with Crippen molar-refractivity contribution in [3.63, 3.8) is 0 Å². The molecule has 3 heterocycles. The maximum Gasteiger partial charge on any atom is 0.224 e. The first-order valence-corrected chi connectivity index (χ1v) is 7.23. The molecule has 21 heavy (non-hydrogen) atoms. The zero-order valence-electron chi connectivity index (χ0n) is 11.8. The molecule has 0 amide bonds. The Morgan fingerprint density at radius 2 is 1.81 bits per heavy atom. The standard InChI is InChI=1S/C14H17ClN6/c1-10-12(16)13(19-14(15)18-10)21-8-6-20(7-9-21)11-4-2-3-5-17-11/h2-5H,6-9,16H2,1H3. The molecule has 1 fully saturated rings. The first-order chi connectivity index (χ1) is 10.1. The van der Waals surface area contributed by atoms with E-state index in [1.165, 1.54) is 0 Å². The molecule has 0 bridgehead atoms. The molecule has 1 aliphatic heterocycles. The highest BCUT2D eigenvalue weighted by atomic mass is 35.5. The summed E-state index contributed by atoms with van der Waals surface area (Å²) < 4.78 is 0. The van der Waals surface area contributed by atoms with E-state index in [0.29, 0.717) is 5.69 Å². The van der Waals surface area contributed by atoms with E-state index in [-0.39, 0.29) is 5.28 Å². The van der Waals surface area contributed by atoms with E-state index in [4.69, 9.17) is 17.3 Å². The third kappa shape index (κ3) is 2.85. The molecular weight excluding hydrogens is 288 g/mol. The molecule has 2 aromatic heterocycles. The molecule has 0 atom stereocenters. The van der Waals surface area contributed by atoms with Crippen molar-refractivity contribution in [2.75, 3.05) is 41.7 Å². The van der Waals surface area contributed by atoms with Gasteiger partial charge in [-0.3, -0.25) is 0 Å². The van der Waals surface area contributed by atoms with Crippen molar-refractivity contribution in [2.24, 2.45) is 0 Å². The molecule has 0 aromatic carbocycles. The van der Waals surface area contributed by atoms with Crippen LogP contribution in [0.4, 0.5) is 17.3 Å². The summed E-state index contributed by atoms with van der Waals surface area (Å²) in [5.41, 5.74) is 7.40. The van der Waals surface area contributed by atoms with Gasteiger partial charge in [0, 0.05) is 32.4 Å². The minimum atomic E-state index is 0.240. The van der Waals surface area contributed by atoms with Crippen LogP contribution >= 0.6 is 11.6 Å². The van der Waals surface area contributed by atoms with Gasteiger partial charge in [0.05, 0.1) is 11.4 Å². The van der Waals surface area contributed by atoms with Gasteiger partial charge in [-0.25, -0.2) is 9.97 Å². The first kappa shape index (κ1) is 13.9. The summed E-state index contributed by atoms with van der Waals surface area (Å²) in [5.74, 6) is 1.73. The molecular formula is C14H17ClN6. The average molecular weight is 305 g/mol. The smallest absolute Gasteiger partial charge is 0.224 e. The number of rotatable bonds is 2. The van der Waals surface area contributed by atoms with Crippen molar-refractivity contribution >= 4 is 28.9 Å². The van der Waals surface area contributed by atoms with E-state index < -0.39 is 0 Å². The predicted molar refractivity (Wildman–Crippen MR) is 84.9 cm³/mol. The largest absolute Gasteiger partial charge is 0.394 e. The van der Waals surface area contributed by atoms with Crippen LogP contribution in [0.3, 0.4) is 0 Å². The monoisotopic (exact) mass is 304 g/mol. The number of hydrogen-bond donors (Lipinski definition) is 1. The van der Waals surface area contributed by atoms with E-state index in [0.717, 1.165) is 43.5 Å². The summed E-state index contributed by atoms with van der Waals surface area (Å²) in [5, 5.41) is 0.240. The van der Waals surface area contributed by atoms with Crippen LogP contribution in [0.25, 0.3) is 0 Å². The summed E-state index contributed by atoms with van der Waals surface area (Å²) in [6.07, 6.45) is 1.81. The second kappa shape index (κ2) is 5.73. The van der Waals surface area contributed by atoms with Gasteiger partial charge in [0.25, 0.3) is 0 Å². The molecule has 0 saturated carbocycles. The maximum absolute atomic E-state index is 6.08. The Morgan fingerprint density at radius 1 is 1.10 bits per heavy atom. The second-order valence-electron chi connectivity index (χ2n) is 4.98. The van der Waals surface area contributed by atoms with Crippen LogP contribution in [0.1, 0.15) is 5.69 Å². The molecule has 2 N–H and O–H groups in total. The minimum absolute atomic E-state index is 0.240. The number of piperazine rings is 1. The van der Waals surface area contributed by atoms with Crippen LogP contribution in [0.2, 0.25) is 5.28 Å². The highest BCUT2D eigenvalue weighted by Crippen LogP contribution is 2.26. The van der Waals surface area contributed by atoms with Gasteiger partial charge >= 0.3 is 0 Å². The van der Waals surface area contributed by atoms with Gasteiger partial charge in [-0.2, -0.15) is 4.98 Å². The van der Waals surface area contributed by atoms with Gasteiger partial charge in [0.15, 0.2) is 5.82 Å². The van der Waals surface area contributed by atoms with Crippen LogP contribution in [-0.2, 0) is 0 Å². The molecule has 7 heteroatoms. The molecule has 0 radical (unpaired) electrons. The van der Waals surface area contributed by atoms with Crippen LogP contribution in [0, 0.1) is 6.92 Å². The Labute approximate surface area is 128 Å². The number of nitrogens with zero attached hydrogens (tertiary/aromatic N) is 5. The lowest BCUT2D eigenvalue weighted by Crippen LogP contribution is -2.47. The first-order valence-electron chi connectivity index (χ1n) is 6.85. The van der Waals surface area contributed by atoms with Gasteiger partial charge < -0.3 is 15.5 Å². The topological polar surface area (TPSA) is 71.2 Å². The number of hydrogen-bond acceptors (Lipinski definition) is 6. The van der Waals surface area contributed by atoms with Gasteiger partial charge in [-0.15, -0.1) is 0 Å². The molecule has 0 spiro atoms. The zero-order chi connectivity index (χ0) is 14.8. The lowest BCUT2D eigenvalue weighted by atomic mass is 10.2. The van der Waals surface area contributed by atoms with Gasteiger partial charge in [0.2, 0.25) is 5.28 Å². The summed E-state index contributed by atoms with van der Waals surface area (Å²) in [4.78, 5) is 17.1. The summed E-state index contributed by atoms with van der Waals surface area (Å²) >= 11 is 5.94. The molecule has 110 valence electrons. The van der Waals surface area contributed by atoms with Crippen LogP contribution in [0.5, 0.6) is 0 Å². The minimum Gasteiger partial charge on any atom is -0.394 e. The predicted octanol–water partition coefficient (Wildman–Crippen LogP) is 1.74. The highest BCUT2D eigenvalue weighted by molar-refractivity contribution is 6.28. The fraction of sp³-hybridized carbons (Fsp3) is 0.357. The van der Waals surface area contributed by atoms with E-state index >= 15 is 0 Å². The number of nitrogens with two attached hydrogens (primary N) is 1. The molecule has 0 unspecified atom stereocenters.